The Morgan fingerprint density at radius 2 is 1.81 bits per heavy atom. The molecule has 0 radical (unpaired) electrons. The van der Waals surface area contributed by atoms with E-state index in [1.54, 1.807) is 19.1 Å². The molecule has 1 aliphatic heterocycles. The molecular weight excluding hydrogens is 381 g/mol. The maximum Gasteiger partial charge on any atom is 0.262 e. The Kier molecular flexibility index (Phi) is 5.11. The van der Waals surface area contributed by atoms with Crippen LogP contribution in [0.1, 0.15) is 27.6 Å². The number of benzene rings is 1. The molecule has 1 aliphatic rings. The second kappa shape index (κ2) is 7.31. The standard InChI is InChI=1S/C17H13Cl2N3O4/c1-2-26-15-13(4-3-5-20-15)21-14(23)8-22-16(24)9-6-11(18)12(19)7-10(9)17(22)25/h3-7H,2,8H2,1H3,(H,21,23). The van der Waals surface area contributed by atoms with Gasteiger partial charge < -0.3 is 10.1 Å². The van der Waals surface area contributed by atoms with Gasteiger partial charge in [-0.3, -0.25) is 19.3 Å². The summed E-state index contributed by atoms with van der Waals surface area (Å²) in [5.74, 6) is -1.51. The minimum Gasteiger partial charge on any atom is -0.476 e. The Morgan fingerprint density at radius 1 is 1.19 bits per heavy atom. The highest BCUT2D eigenvalue weighted by Crippen LogP contribution is 2.31. The van der Waals surface area contributed by atoms with Crippen molar-refractivity contribution in [1.29, 1.82) is 0 Å². The van der Waals surface area contributed by atoms with Crippen LogP contribution in [0.4, 0.5) is 5.69 Å². The monoisotopic (exact) mass is 393 g/mol. The molecule has 0 saturated heterocycles. The van der Waals surface area contributed by atoms with Crippen LogP contribution in [0, 0.1) is 0 Å². The molecule has 1 N–H and O–H groups in total. The molecule has 0 unspecified atom stereocenters. The van der Waals surface area contributed by atoms with Crippen LogP contribution in [-0.2, 0) is 4.79 Å². The highest BCUT2D eigenvalue weighted by molar-refractivity contribution is 6.43. The predicted octanol–water partition coefficient (Wildman–Crippen LogP) is 3.02. The molecule has 2 aromatic rings. The topological polar surface area (TPSA) is 88.6 Å². The average Bonchev–Trinajstić information content (AvgIpc) is 2.82. The number of imide groups is 1. The molecule has 26 heavy (non-hydrogen) atoms. The molecule has 0 aliphatic carbocycles. The highest BCUT2D eigenvalue weighted by Gasteiger charge is 2.37. The molecule has 3 amide bonds. The highest BCUT2D eigenvalue weighted by atomic mass is 35.5. The lowest BCUT2D eigenvalue weighted by Crippen LogP contribution is -2.37. The maximum absolute atomic E-state index is 12.4. The van der Waals surface area contributed by atoms with Gasteiger partial charge in [-0.1, -0.05) is 23.2 Å². The normalized spacial score (nSPS) is 13.0. The average molecular weight is 394 g/mol. The number of hydrogen-bond acceptors (Lipinski definition) is 5. The Labute approximate surface area is 158 Å². The fraction of sp³-hybridized carbons (Fsp3) is 0.176. The lowest BCUT2D eigenvalue weighted by Gasteiger charge is -2.14. The van der Waals surface area contributed by atoms with Gasteiger partial charge in [0.05, 0.1) is 27.8 Å². The Morgan fingerprint density at radius 3 is 2.38 bits per heavy atom. The summed E-state index contributed by atoms with van der Waals surface area (Å²) >= 11 is 11.8. The molecule has 0 fully saturated rings. The van der Waals surface area contributed by atoms with Gasteiger partial charge in [0.1, 0.15) is 12.2 Å². The molecule has 7 nitrogen and oxygen atoms in total. The van der Waals surface area contributed by atoms with Crippen molar-refractivity contribution in [2.75, 3.05) is 18.5 Å². The van der Waals surface area contributed by atoms with E-state index in [4.69, 9.17) is 27.9 Å². The number of amides is 3. The van der Waals surface area contributed by atoms with Crippen molar-refractivity contribution in [3.63, 3.8) is 0 Å². The zero-order valence-electron chi connectivity index (χ0n) is 13.6. The molecule has 9 heteroatoms. The second-order valence-electron chi connectivity index (χ2n) is 5.35. The van der Waals surface area contributed by atoms with E-state index < -0.39 is 24.3 Å². The first kappa shape index (κ1) is 18.2. The lowest BCUT2D eigenvalue weighted by atomic mass is 10.1. The van der Waals surface area contributed by atoms with Crippen LogP contribution in [-0.4, -0.2) is 40.8 Å². The van der Waals surface area contributed by atoms with E-state index in [-0.39, 0.29) is 27.1 Å². The van der Waals surface area contributed by atoms with Gasteiger partial charge in [0.25, 0.3) is 11.8 Å². The second-order valence-corrected chi connectivity index (χ2v) is 6.16. The van der Waals surface area contributed by atoms with E-state index >= 15 is 0 Å². The summed E-state index contributed by atoms with van der Waals surface area (Å²) in [6.07, 6.45) is 1.53. The van der Waals surface area contributed by atoms with Gasteiger partial charge >= 0.3 is 0 Å². The third kappa shape index (κ3) is 3.36. The molecule has 1 aromatic carbocycles. The summed E-state index contributed by atoms with van der Waals surface area (Å²) in [4.78, 5) is 42.0. The molecular formula is C17H13Cl2N3O4. The fourth-order valence-corrected chi connectivity index (χ4v) is 2.83. The summed E-state index contributed by atoms with van der Waals surface area (Å²) < 4.78 is 5.32. The number of pyridine rings is 1. The molecule has 3 rings (SSSR count). The van der Waals surface area contributed by atoms with Crippen molar-refractivity contribution >= 4 is 46.6 Å². The minimum absolute atomic E-state index is 0.119. The van der Waals surface area contributed by atoms with Crippen molar-refractivity contribution in [3.8, 4) is 5.88 Å². The van der Waals surface area contributed by atoms with Crippen molar-refractivity contribution in [3.05, 3.63) is 51.6 Å². The van der Waals surface area contributed by atoms with E-state index in [1.165, 1.54) is 18.3 Å². The molecule has 0 atom stereocenters. The first-order valence-corrected chi connectivity index (χ1v) is 8.41. The molecule has 0 bridgehead atoms. The van der Waals surface area contributed by atoms with Gasteiger partial charge in [-0.25, -0.2) is 4.98 Å². The Bertz CT molecular complexity index is 876. The zero-order valence-corrected chi connectivity index (χ0v) is 15.1. The zero-order chi connectivity index (χ0) is 18.8. The third-order valence-corrected chi connectivity index (χ3v) is 4.36. The van der Waals surface area contributed by atoms with Crippen LogP contribution in [0.15, 0.2) is 30.5 Å². The number of ether oxygens (including phenoxy) is 1. The summed E-state index contributed by atoms with van der Waals surface area (Å²) in [6.45, 7) is 1.71. The number of hydrogen-bond donors (Lipinski definition) is 1. The molecule has 134 valence electrons. The largest absolute Gasteiger partial charge is 0.476 e. The maximum atomic E-state index is 12.4. The number of nitrogens with zero attached hydrogens (tertiary/aromatic N) is 2. The lowest BCUT2D eigenvalue weighted by molar-refractivity contribution is -0.116. The number of halogens is 2. The van der Waals surface area contributed by atoms with Gasteiger partial charge in [-0.15, -0.1) is 0 Å². The number of aromatic nitrogens is 1. The fourth-order valence-electron chi connectivity index (χ4n) is 2.50. The van der Waals surface area contributed by atoms with E-state index in [1.807, 2.05) is 0 Å². The van der Waals surface area contributed by atoms with Gasteiger partial charge in [-0.05, 0) is 31.2 Å². The van der Waals surface area contributed by atoms with Crippen LogP contribution in [0.5, 0.6) is 5.88 Å². The molecule has 2 heterocycles. The summed E-state index contributed by atoms with van der Waals surface area (Å²) in [5, 5.41) is 2.91. The molecule has 1 aromatic heterocycles. The van der Waals surface area contributed by atoms with Gasteiger partial charge in [-0.2, -0.15) is 0 Å². The van der Waals surface area contributed by atoms with Crippen LogP contribution >= 0.6 is 23.2 Å². The van der Waals surface area contributed by atoms with E-state index in [0.29, 0.717) is 12.3 Å². The van der Waals surface area contributed by atoms with Crippen molar-refractivity contribution in [2.45, 2.75) is 6.92 Å². The van der Waals surface area contributed by atoms with Crippen LogP contribution in [0.25, 0.3) is 0 Å². The predicted molar refractivity (Wildman–Crippen MR) is 95.9 cm³/mol. The van der Waals surface area contributed by atoms with Crippen molar-refractivity contribution in [2.24, 2.45) is 0 Å². The molecule has 0 saturated carbocycles. The summed E-state index contributed by atoms with van der Waals surface area (Å²) in [5.41, 5.74) is 0.587. The number of rotatable bonds is 5. The summed E-state index contributed by atoms with van der Waals surface area (Å²) in [6, 6.07) is 5.89. The van der Waals surface area contributed by atoms with Crippen LogP contribution < -0.4 is 10.1 Å². The first-order chi connectivity index (χ1) is 12.4. The first-order valence-electron chi connectivity index (χ1n) is 7.65. The quantitative estimate of drug-likeness (QED) is 0.788. The van der Waals surface area contributed by atoms with Crippen molar-refractivity contribution in [1.82, 2.24) is 9.88 Å². The van der Waals surface area contributed by atoms with E-state index in [9.17, 15) is 14.4 Å². The van der Waals surface area contributed by atoms with E-state index in [0.717, 1.165) is 4.90 Å². The molecule has 0 spiro atoms. The Hall–Kier alpha value is -2.64. The van der Waals surface area contributed by atoms with Crippen LogP contribution in [0.2, 0.25) is 10.0 Å². The summed E-state index contributed by atoms with van der Waals surface area (Å²) in [7, 11) is 0. The van der Waals surface area contributed by atoms with E-state index in [2.05, 4.69) is 10.3 Å². The Balaban J connectivity index is 1.77. The SMILES string of the molecule is CCOc1ncccc1NC(=O)CN1C(=O)c2cc(Cl)c(Cl)cc2C1=O. The van der Waals surface area contributed by atoms with Crippen molar-refractivity contribution < 1.29 is 19.1 Å². The number of nitrogens with one attached hydrogen (secondary N) is 1. The third-order valence-electron chi connectivity index (χ3n) is 3.64. The van der Waals surface area contributed by atoms with Gasteiger partial charge in [0.15, 0.2) is 0 Å². The van der Waals surface area contributed by atoms with Crippen LogP contribution in [0.3, 0.4) is 0 Å². The number of carbonyl (C=O) groups excluding carboxylic acids is 3. The smallest absolute Gasteiger partial charge is 0.262 e. The minimum atomic E-state index is -0.602. The number of carbonyl (C=O) groups is 3. The van der Waals surface area contributed by atoms with Gasteiger partial charge in [0, 0.05) is 6.20 Å². The van der Waals surface area contributed by atoms with Gasteiger partial charge in [0.2, 0.25) is 11.8 Å². The number of anilines is 1. The number of fused-ring (bicyclic) bond motifs is 1.